The molecule has 0 aliphatic carbocycles. The average Bonchev–Trinajstić information content (AvgIpc) is 2.14. The summed E-state index contributed by atoms with van der Waals surface area (Å²) in [5, 5.41) is 0.669. The summed E-state index contributed by atoms with van der Waals surface area (Å²) in [6.45, 7) is 0. The number of primary amides is 1. The zero-order chi connectivity index (χ0) is 10.6. The minimum Gasteiger partial charge on any atom is -0.368 e. The normalized spacial score (nSPS) is 12.4. The molecule has 0 bridgehead atoms. The fourth-order valence-electron chi connectivity index (χ4n) is 0.825. The number of thioether (sulfide) groups is 1. The van der Waals surface area contributed by atoms with Gasteiger partial charge >= 0.3 is 0 Å². The zero-order valence-electron chi connectivity index (χ0n) is 7.44. The molecule has 0 aliphatic rings. The number of amides is 1. The minimum absolute atomic E-state index is 0.468. The van der Waals surface area contributed by atoms with E-state index in [1.54, 1.807) is 6.07 Å². The topological polar surface area (TPSA) is 69.1 Å². The summed E-state index contributed by atoms with van der Waals surface area (Å²) >= 11 is 7.25. The predicted molar refractivity (Wildman–Crippen MR) is 59.3 cm³/mol. The smallest absolute Gasteiger partial charge is 0.235 e. The van der Waals surface area contributed by atoms with Crippen molar-refractivity contribution >= 4 is 29.3 Å². The van der Waals surface area contributed by atoms with Crippen molar-refractivity contribution in [1.82, 2.24) is 0 Å². The molecular weight excluding hydrogens is 220 g/mol. The molecule has 1 rings (SSSR count). The van der Waals surface area contributed by atoms with Gasteiger partial charge in [0.15, 0.2) is 0 Å². The van der Waals surface area contributed by atoms with Gasteiger partial charge in [-0.2, -0.15) is 0 Å². The molecule has 5 heteroatoms. The molecule has 0 radical (unpaired) electrons. The van der Waals surface area contributed by atoms with Crippen LogP contribution in [-0.2, 0) is 4.79 Å². The fourth-order valence-corrected chi connectivity index (χ4v) is 2.00. The van der Waals surface area contributed by atoms with Crippen molar-refractivity contribution in [3.05, 3.63) is 29.3 Å². The van der Waals surface area contributed by atoms with Gasteiger partial charge in [0, 0.05) is 15.7 Å². The molecule has 3 nitrogen and oxygen atoms in total. The molecule has 1 aromatic carbocycles. The molecule has 4 N–H and O–H groups in total. The number of hydrogen-bond donors (Lipinski definition) is 2. The summed E-state index contributed by atoms with van der Waals surface area (Å²) in [7, 11) is 0. The van der Waals surface area contributed by atoms with Crippen LogP contribution in [0.1, 0.15) is 0 Å². The molecule has 0 fully saturated rings. The second-order valence-corrected chi connectivity index (χ2v) is 4.31. The highest BCUT2D eigenvalue weighted by atomic mass is 35.5. The Morgan fingerprint density at radius 1 is 1.57 bits per heavy atom. The molecular formula is C9H11ClN2OS. The SMILES string of the molecule is NC(=O)C(N)CSc1cccc(Cl)c1. The van der Waals surface area contributed by atoms with E-state index >= 15 is 0 Å². The van der Waals surface area contributed by atoms with Crippen LogP contribution in [0.5, 0.6) is 0 Å². The molecule has 1 amide bonds. The number of nitrogens with two attached hydrogens (primary N) is 2. The monoisotopic (exact) mass is 230 g/mol. The Hall–Kier alpha value is -0.710. The minimum atomic E-state index is -0.612. The van der Waals surface area contributed by atoms with Gasteiger partial charge < -0.3 is 11.5 Å². The average molecular weight is 231 g/mol. The van der Waals surface area contributed by atoms with Gasteiger partial charge in [0.05, 0.1) is 6.04 Å². The Labute approximate surface area is 91.8 Å². The Morgan fingerprint density at radius 3 is 2.86 bits per heavy atom. The molecule has 0 heterocycles. The van der Waals surface area contributed by atoms with E-state index in [2.05, 4.69) is 0 Å². The van der Waals surface area contributed by atoms with Crippen LogP contribution in [0.25, 0.3) is 0 Å². The van der Waals surface area contributed by atoms with Crippen LogP contribution < -0.4 is 11.5 Å². The molecule has 0 saturated carbocycles. The van der Waals surface area contributed by atoms with E-state index in [-0.39, 0.29) is 0 Å². The Balaban J connectivity index is 2.49. The van der Waals surface area contributed by atoms with Gasteiger partial charge in [-0.1, -0.05) is 17.7 Å². The summed E-state index contributed by atoms with van der Waals surface area (Å²) < 4.78 is 0. The Bertz CT molecular complexity index is 332. The lowest BCUT2D eigenvalue weighted by Crippen LogP contribution is -2.38. The standard InChI is InChI=1S/C9H11ClN2OS/c10-6-2-1-3-7(4-6)14-5-8(11)9(12)13/h1-4,8H,5,11H2,(H2,12,13). The largest absolute Gasteiger partial charge is 0.368 e. The van der Waals surface area contributed by atoms with Crippen LogP contribution in [0.2, 0.25) is 5.02 Å². The van der Waals surface area contributed by atoms with Gasteiger partial charge in [0.1, 0.15) is 0 Å². The molecule has 1 aromatic rings. The van der Waals surface area contributed by atoms with E-state index in [0.717, 1.165) is 4.90 Å². The summed E-state index contributed by atoms with van der Waals surface area (Å²) in [5.74, 6) is -0.0186. The summed E-state index contributed by atoms with van der Waals surface area (Å²) in [6, 6.07) is 6.75. The molecule has 14 heavy (non-hydrogen) atoms. The van der Waals surface area contributed by atoms with Crippen LogP contribution in [-0.4, -0.2) is 17.7 Å². The molecule has 0 aliphatic heterocycles. The first-order valence-corrected chi connectivity index (χ1v) is 5.39. The third-order valence-electron chi connectivity index (χ3n) is 1.59. The van der Waals surface area contributed by atoms with E-state index in [0.29, 0.717) is 10.8 Å². The first-order chi connectivity index (χ1) is 6.59. The first-order valence-electron chi connectivity index (χ1n) is 4.03. The fraction of sp³-hybridized carbons (Fsp3) is 0.222. The second kappa shape index (κ2) is 5.24. The molecule has 0 saturated heterocycles. The van der Waals surface area contributed by atoms with Crippen LogP contribution in [0.3, 0.4) is 0 Å². The summed E-state index contributed by atoms with van der Waals surface area (Å²) in [5.41, 5.74) is 10.5. The third-order valence-corrected chi connectivity index (χ3v) is 2.94. The van der Waals surface area contributed by atoms with E-state index < -0.39 is 11.9 Å². The molecule has 76 valence electrons. The van der Waals surface area contributed by atoms with Crippen LogP contribution >= 0.6 is 23.4 Å². The summed E-state index contributed by atoms with van der Waals surface area (Å²) in [4.78, 5) is 11.6. The van der Waals surface area contributed by atoms with Crippen molar-refractivity contribution in [1.29, 1.82) is 0 Å². The third kappa shape index (κ3) is 3.57. The van der Waals surface area contributed by atoms with E-state index in [4.69, 9.17) is 23.1 Å². The van der Waals surface area contributed by atoms with Crippen molar-refractivity contribution in [2.24, 2.45) is 11.5 Å². The Kier molecular flexibility index (Phi) is 4.25. The molecule has 0 spiro atoms. The van der Waals surface area contributed by atoms with Gasteiger partial charge in [0.25, 0.3) is 0 Å². The number of hydrogen-bond acceptors (Lipinski definition) is 3. The van der Waals surface area contributed by atoms with E-state index in [1.165, 1.54) is 11.8 Å². The maximum absolute atomic E-state index is 10.6. The predicted octanol–water partition coefficient (Wildman–Crippen LogP) is 1.24. The van der Waals surface area contributed by atoms with Gasteiger partial charge in [0.2, 0.25) is 5.91 Å². The second-order valence-electron chi connectivity index (χ2n) is 2.78. The Morgan fingerprint density at radius 2 is 2.29 bits per heavy atom. The van der Waals surface area contributed by atoms with E-state index in [1.807, 2.05) is 18.2 Å². The number of carbonyl (C=O) groups excluding carboxylic acids is 1. The lowest BCUT2D eigenvalue weighted by atomic mass is 10.3. The van der Waals surface area contributed by atoms with Crippen molar-refractivity contribution in [3.63, 3.8) is 0 Å². The highest BCUT2D eigenvalue weighted by Gasteiger charge is 2.09. The number of benzene rings is 1. The number of carbonyl (C=O) groups is 1. The van der Waals surface area contributed by atoms with E-state index in [9.17, 15) is 4.79 Å². The molecule has 0 aromatic heterocycles. The lowest BCUT2D eigenvalue weighted by molar-refractivity contribution is -0.118. The van der Waals surface area contributed by atoms with Gasteiger partial charge in [-0.25, -0.2) is 0 Å². The highest BCUT2D eigenvalue weighted by molar-refractivity contribution is 7.99. The zero-order valence-corrected chi connectivity index (χ0v) is 9.02. The van der Waals surface area contributed by atoms with Gasteiger partial charge in [-0.3, -0.25) is 4.79 Å². The van der Waals surface area contributed by atoms with Crippen LogP contribution in [0.15, 0.2) is 29.2 Å². The van der Waals surface area contributed by atoms with Crippen molar-refractivity contribution in [3.8, 4) is 0 Å². The van der Waals surface area contributed by atoms with Crippen LogP contribution in [0, 0.1) is 0 Å². The maximum atomic E-state index is 10.6. The van der Waals surface area contributed by atoms with Crippen LogP contribution in [0.4, 0.5) is 0 Å². The number of rotatable bonds is 4. The summed E-state index contributed by atoms with van der Waals surface area (Å²) in [6.07, 6.45) is 0. The molecule has 1 atom stereocenters. The highest BCUT2D eigenvalue weighted by Crippen LogP contribution is 2.21. The van der Waals surface area contributed by atoms with Crippen molar-refractivity contribution < 1.29 is 4.79 Å². The maximum Gasteiger partial charge on any atom is 0.235 e. The molecule has 1 unspecified atom stereocenters. The number of halogens is 1. The quantitative estimate of drug-likeness (QED) is 0.765. The van der Waals surface area contributed by atoms with Crippen molar-refractivity contribution in [2.45, 2.75) is 10.9 Å². The lowest BCUT2D eigenvalue weighted by Gasteiger charge is -2.06. The first kappa shape index (κ1) is 11.4. The van der Waals surface area contributed by atoms with Gasteiger partial charge in [-0.15, -0.1) is 11.8 Å². The van der Waals surface area contributed by atoms with Gasteiger partial charge in [-0.05, 0) is 18.2 Å². The van der Waals surface area contributed by atoms with Crippen molar-refractivity contribution in [2.75, 3.05) is 5.75 Å².